The zero-order valence-corrected chi connectivity index (χ0v) is 15.4. The molecule has 1 amide bonds. The van der Waals surface area contributed by atoms with Crippen molar-refractivity contribution in [2.45, 2.75) is 18.8 Å². The van der Waals surface area contributed by atoms with Crippen LogP contribution < -0.4 is 16.4 Å². The first kappa shape index (κ1) is 22.5. The summed E-state index contributed by atoms with van der Waals surface area (Å²) < 4.78 is 77.2. The molecule has 0 atom stereocenters. The molecule has 0 fully saturated rings. The van der Waals surface area contributed by atoms with Gasteiger partial charge in [0.15, 0.2) is 5.11 Å². The number of alkyl halides is 6. The monoisotopic (exact) mass is 435 g/mol. The Hall–Kier alpha value is -2.82. The van der Waals surface area contributed by atoms with Crippen LogP contribution in [0.5, 0.6) is 0 Å². The minimum absolute atomic E-state index is 0.00378. The summed E-state index contributed by atoms with van der Waals surface area (Å²) in [6.45, 7) is 0.00378. The minimum Gasteiger partial charge on any atom is -0.366 e. The largest absolute Gasteiger partial charge is 0.416 e. The maximum Gasteiger partial charge on any atom is 0.416 e. The van der Waals surface area contributed by atoms with Crippen LogP contribution >= 0.6 is 12.2 Å². The fourth-order valence-electron chi connectivity index (χ4n) is 2.38. The highest BCUT2D eigenvalue weighted by molar-refractivity contribution is 7.80. The van der Waals surface area contributed by atoms with E-state index in [2.05, 4.69) is 10.6 Å². The number of nitrogens with two attached hydrogens (primary N) is 1. The Bertz CT molecular complexity index is 862. The minimum atomic E-state index is -4.89. The van der Waals surface area contributed by atoms with Crippen molar-refractivity contribution < 1.29 is 31.1 Å². The van der Waals surface area contributed by atoms with Crippen LogP contribution in [-0.2, 0) is 18.8 Å². The first-order chi connectivity index (χ1) is 13.4. The van der Waals surface area contributed by atoms with Crippen molar-refractivity contribution in [3.8, 4) is 0 Å². The summed E-state index contributed by atoms with van der Waals surface area (Å²) in [4.78, 5) is 11.0. The first-order valence-electron chi connectivity index (χ1n) is 8.09. The van der Waals surface area contributed by atoms with Crippen LogP contribution in [0.1, 0.15) is 27.0 Å². The van der Waals surface area contributed by atoms with Crippen LogP contribution in [0.4, 0.5) is 32.0 Å². The normalized spacial score (nSPS) is 11.8. The molecule has 4 nitrogen and oxygen atoms in total. The number of primary amides is 1. The number of thiocarbonyl (C=S) groups is 1. The number of benzene rings is 2. The second-order valence-corrected chi connectivity index (χ2v) is 6.39. The molecule has 156 valence electrons. The maximum atomic E-state index is 12.9. The van der Waals surface area contributed by atoms with E-state index >= 15 is 0 Å². The van der Waals surface area contributed by atoms with Gasteiger partial charge < -0.3 is 16.4 Å². The highest BCUT2D eigenvalue weighted by Gasteiger charge is 2.36. The Morgan fingerprint density at radius 1 is 0.931 bits per heavy atom. The highest BCUT2D eigenvalue weighted by atomic mass is 32.1. The van der Waals surface area contributed by atoms with Gasteiger partial charge in [0.25, 0.3) is 0 Å². The highest BCUT2D eigenvalue weighted by Crippen LogP contribution is 2.36. The summed E-state index contributed by atoms with van der Waals surface area (Å²) in [6, 6.07) is 7.45. The lowest BCUT2D eigenvalue weighted by Gasteiger charge is -2.15. The standard InChI is InChI=1S/C18H15F6N3OS/c19-17(20,21)12-7-10(8-13(9-12)18(22,23)24)5-6-26-16(29)27-14-3-1-11(2-4-14)15(25)28/h1-4,7-9H,5-6H2,(H2,25,28)(H2,26,27,29). The summed E-state index contributed by atoms with van der Waals surface area (Å²) in [7, 11) is 0. The van der Waals surface area contributed by atoms with E-state index in [1.54, 1.807) is 0 Å². The van der Waals surface area contributed by atoms with Gasteiger partial charge in [-0.15, -0.1) is 0 Å². The van der Waals surface area contributed by atoms with Gasteiger partial charge in [-0.05, 0) is 66.7 Å². The molecule has 0 bridgehead atoms. The van der Waals surface area contributed by atoms with Crippen LogP contribution in [-0.4, -0.2) is 17.6 Å². The van der Waals surface area contributed by atoms with E-state index in [1.807, 2.05) is 0 Å². The molecule has 29 heavy (non-hydrogen) atoms. The Morgan fingerprint density at radius 3 is 1.90 bits per heavy atom. The van der Waals surface area contributed by atoms with Gasteiger partial charge in [0.2, 0.25) is 5.91 Å². The summed E-state index contributed by atoms with van der Waals surface area (Å²) in [5.74, 6) is -0.600. The molecule has 0 spiro atoms. The molecule has 0 heterocycles. The molecule has 4 N–H and O–H groups in total. The molecule has 0 aliphatic heterocycles. The van der Waals surface area contributed by atoms with E-state index in [0.29, 0.717) is 23.4 Å². The molecule has 0 aliphatic carbocycles. The van der Waals surface area contributed by atoms with E-state index < -0.39 is 29.4 Å². The molecule has 0 saturated heterocycles. The van der Waals surface area contributed by atoms with Crippen molar-refractivity contribution in [1.29, 1.82) is 0 Å². The van der Waals surface area contributed by atoms with Gasteiger partial charge in [0, 0.05) is 17.8 Å². The van der Waals surface area contributed by atoms with E-state index in [1.165, 1.54) is 24.3 Å². The summed E-state index contributed by atoms with van der Waals surface area (Å²) in [5.41, 5.74) is 3.08. The molecule has 0 radical (unpaired) electrons. The zero-order valence-electron chi connectivity index (χ0n) is 14.6. The molecule has 2 aromatic rings. The van der Waals surface area contributed by atoms with Gasteiger partial charge in [0.1, 0.15) is 0 Å². The van der Waals surface area contributed by atoms with Crippen molar-refractivity contribution in [2.75, 3.05) is 11.9 Å². The number of halogens is 6. The number of rotatable bonds is 5. The predicted molar refractivity (Wildman–Crippen MR) is 99.3 cm³/mol. The molecule has 0 unspecified atom stereocenters. The Morgan fingerprint density at radius 2 is 1.45 bits per heavy atom. The number of carbonyl (C=O) groups excluding carboxylic acids is 1. The maximum absolute atomic E-state index is 12.9. The SMILES string of the molecule is NC(=O)c1ccc(NC(=S)NCCc2cc(C(F)(F)F)cc(C(F)(F)F)c2)cc1. The van der Waals surface area contributed by atoms with Crippen molar-refractivity contribution >= 4 is 28.9 Å². The van der Waals surface area contributed by atoms with Gasteiger partial charge in [0.05, 0.1) is 11.1 Å². The third kappa shape index (κ3) is 6.63. The Kier molecular flexibility index (Phi) is 6.73. The predicted octanol–water partition coefficient (Wildman–Crippen LogP) is 4.35. The van der Waals surface area contributed by atoms with Crippen LogP contribution in [0.3, 0.4) is 0 Å². The third-order valence-corrected chi connectivity index (χ3v) is 4.02. The molecule has 0 saturated carbocycles. The van der Waals surface area contributed by atoms with Crippen molar-refractivity contribution in [3.05, 3.63) is 64.7 Å². The van der Waals surface area contributed by atoms with Gasteiger partial charge in [-0.25, -0.2) is 0 Å². The Balaban J connectivity index is 2.00. The molecular weight excluding hydrogens is 420 g/mol. The average molecular weight is 435 g/mol. The van der Waals surface area contributed by atoms with Crippen LogP contribution in [0.15, 0.2) is 42.5 Å². The summed E-state index contributed by atoms with van der Waals surface area (Å²) in [5, 5.41) is 5.58. The van der Waals surface area contributed by atoms with Gasteiger partial charge in [-0.1, -0.05) is 0 Å². The van der Waals surface area contributed by atoms with E-state index in [-0.39, 0.29) is 29.7 Å². The fourth-order valence-corrected chi connectivity index (χ4v) is 2.60. The molecule has 2 rings (SSSR count). The average Bonchev–Trinajstić information content (AvgIpc) is 2.60. The second-order valence-electron chi connectivity index (χ2n) is 5.99. The number of carbonyl (C=O) groups is 1. The van der Waals surface area contributed by atoms with Crippen LogP contribution in [0.25, 0.3) is 0 Å². The van der Waals surface area contributed by atoms with Gasteiger partial charge in [-0.2, -0.15) is 26.3 Å². The number of amides is 1. The van der Waals surface area contributed by atoms with Crippen molar-refractivity contribution in [1.82, 2.24) is 5.32 Å². The first-order valence-corrected chi connectivity index (χ1v) is 8.50. The third-order valence-electron chi connectivity index (χ3n) is 3.77. The molecule has 0 aliphatic rings. The van der Waals surface area contributed by atoms with E-state index in [9.17, 15) is 31.1 Å². The fraction of sp³-hybridized carbons (Fsp3) is 0.222. The number of hydrogen-bond acceptors (Lipinski definition) is 2. The van der Waals surface area contributed by atoms with Crippen LogP contribution in [0, 0.1) is 0 Å². The summed E-state index contributed by atoms with van der Waals surface area (Å²) in [6.07, 6.45) is -9.90. The molecule has 2 aromatic carbocycles. The number of nitrogens with one attached hydrogen (secondary N) is 2. The van der Waals surface area contributed by atoms with Crippen LogP contribution in [0.2, 0.25) is 0 Å². The lowest BCUT2D eigenvalue weighted by Crippen LogP contribution is -2.30. The van der Waals surface area contributed by atoms with Crippen molar-refractivity contribution in [2.24, 2.45) is 5.73 Å². The molecule has 11 heteroatoms. The van der Waals surface area contributed by atoms with Crippen molar-refractivity contribution in [3.63, 3.8) is 0 Å². The summed E-state index contributed by atoms with van der Waals surface area (Å²) >= 11 is 5.03. The zero-order chi connectivity index (χ0) is 21.8. The van der Waals surface area contributed by atoms with E-state index in [4.69, 9.17) is 18.0 Å². The number of anilines is 1. The molecule has 0 aromatic heterocycles. The molecular formula is C18H15F6N3OS. The smallest absolute Gasteiger partial charge is 0.366 e. The van der Waals surface area contributed by atoms with Gasteiger partial charge >= 0.3 is 12.4 Å². The van der Waals surface area contributed by atoms with Gasteiger partial charge in [-0.3, -0.25) is 4.79 Å². The lowest BCUT2D eigenvalue weighted by atomic mass is 10.0. The van der Waals surface area contributed by atoms with E-state index in [0.717, 1.165) is 0 Å². The Labute approximate surface area is 167 Å². The second kappa shape index (κ2) is 8.68. The number of hydrogen-bond donors (Lipinski definition) is 3. The topological polar surface area (TPSA) is 67.2 Å². The lowest BCUT2D eigenvalue weighted by molar-refractivity contribution is -0.143. The quantitative estimate of drug-likeness (QED) is 0.483.